The van der Waals surface area contributed by atoms with Crippen LogP contribution < -0.4 is 15.4 Å². The molecule has 1 heterocycles. The summed E-state index contributed by atoms with van der Waals surface area (Å²) in [5.74, 6) is 0.538. The second kappa shape index (κ2) is 9.73. The van der Waals surface area contributed by atoms with Crippen molar-refractivity contribution < 1.29 is 14.3 Å². The first-order valence-electron chi connectivity index (χ1n) is 9.40. The number of nitrogens with zero attached hydrogens (tertiary/aromatic N) is 2. The molecule has 1 saturated heterocycles. The Morgan fingerprint density at radius 2 is 1.83 bits per heavy atom. The lowest BCUT2D eigenvalue weighted by molar-refractivity contribution is 0.0876. The molecule has 2 N–H and O–H groups in total. The second-order valence-corrected chi connectivity index (χ2v) is 7.44. The Labute approximate surface area is 175 Å². The Morgan fingerprint density at radius 1 is 1.07 bits per heavy atom. The molecular weight excluding hydrogens is 392 g/mol. The summed E-state index contributed by atoms with van der Waals surface area (Å²) in [4.78, 5) is 29.4. The van der Waals surface area contributed by atoms with E-state index in [-0.39, 0.29) is 5.78 Å². The van der Waals surface area contributed by atoms with E-state index in [9.17, 15) is 9.59 Å². The number of carbonyl (C=O) groups excluding carboxylic acids is 2. The van der Waals surface area contributed by atoms with Crippen molar-refractivity contribution in [2.24, 2.45) is 0 Å². The van der Waals surface area contributed by atoms with E-state index in [2.05, 4.69) is 27.5 Å². The lowest BCUT2D eigenvalue weighted by Gasteiger charge is -2.31. The van der Waals surface area contributed by atoms with Gasteiger partial charge in [-0.05, 0) is 37.4 Å². The Balaban J connectivity index is 1.61. The van der Waals surface area contributed by atoms with Crippen molar-refractivity contribution >= 4 is 34.8 Å². The number of anilines is 2. The molecule has 2 amide bonds. The van der Waals surface area contributed by atoms with Crippen LogP contribution in [0.3, 0.4) is 0 Å². The van der Waals surface area contributed by atoms with E-state index in [1.54, 1.807) is 42.5 Å². The number of nitrogens with one attached hydrogen (secondary N) is 2. The first-order chi connectivity index (χ1) is 13.9. The van der Waals surface area contributed by atoms with Gasteiger partial charge in [0.05, 0.1) is 19.3 Å². The Kier molecular flexibility index (Phi) is 7.09. The van der Waals surface area contributed by atoms with E-state index in [0.29, 0.717) is 34.3 Å². The van der Waals surface area contributed by atoms with Crippen LogP contribution in [-0.4, -0.2) is 68.5 Å². The van der Waals surface area contributed by atoms with E-state index >= 15 is 0 Å². The highest BCUT2D eigenvalue weighted by atomic mass is 35.5. The van der Waals surface area contributed by atoms with Gasteiger partial charge in [-0.3, -0.25) is 9.69 Å². The van der Waals surface area contributed by atoms with Crippen LogP contribution >= 0.6 is 11.6 Å². The van der Waals surface area contributed by atoms with E-state index < -0.39 is 6.03 Å². The number of Topliss-reactive ketones (excluding diaryl/α,β-unsaturated/α-hetero) is 1. The number of piperazine rings is 1. The molecule has 29 heavy (non-hydrogen) atoms. The number of methoxy groups -OCH3 is 1. The fourth-order valence-corrected chi connectivity index (χ4v) is 3.31. The zero-order valence-electron chi connectivity index (χ0n) is 16.6. The molecule has 2 aromatic rings. The highest BCUT2D eigenvalue weighted by Gasteiger charge is 2.18. The van der Waals surface area contributed by atoms with Crippen LogP contribution in [0.5, 0.6) is 5.75 Å². The van der Waals surface area contributed by atoms with Crippen molar-refractivity contribution in [1.82, 2.24) is 9.80 Å². The smallest absolute Gasteiger partial charge is 0.323 e. The van der Waals surface area contributed by atoms with Crippen molar-refractivity contribution in [2.45, 2.75) is 0 Å². The molecular formula is C21H25ClN4O3. The fraction of sp³-hybridized carbons (Fsp3) is 0.333. The molecule has 0 aliphatic carbocycles. The van der Waals surface area contributed by atoms with Crippen molar-refractivity contribution in [3.63, 3.8) is 0 Å². The van der Waals surface area contributed by atoms with Crippen molar-refractivity contribution in [3.8, 4) is 5.75 Å². The number of rotatable bonds is 6. The lowest BCUT2D eigenvalue weighted by atomic mass is 10.1. The van der Waals surface area contributed by atoms with Crippen LogP contribution in [0, 0.1) is 0 Å². The summed E-state index contributed by atoms with van der Waals surface area (Å²) in [7, 11) is 3.60. The van der Waals surface area contributed by atoms with Gasteiger partial charge in [-0.25, -0.2) is 4.79 Å². The maximum absolute atomic E-state index is 12.6. The number of carbonyl (C=O) groups is 2. The fourth-order valence-electron chi connectivity index (χ4n) is 3.13. The average molecular weight is 417 g/mol. The summed E-state index contributed by atoms with van der Waals surface area (Å²) in [6.45, 7) is 4.06. The molecule has 154 valence electrons. The number of urea groups is 1. The van der Waals surface area contributed by atoms with Gasteiger partial charge in [0, 0.05) is 42.5 Å². The van der Waals surface area contributed by atoms with Crippen LogP contribution in [-0.2, 0) is 0 Å². The number of benzene rings is 2. The monoisotopic (exact) mass is 416 g/mol. The van der Waals surface area contributed by atoms with Gasteiger partial charge in [-0.2, -0.15) is 0 Å². The van der Waals surface area contributed by atoms with Crippen LogP contribution in [0.4, 0.5) is 16.2 Å². The van der Waals surface area contributed by atoms with Gasteiger partial charge in [0.1, 0.15) is 5.75 Å². The SMILES string of the molecule is COc1ccc(Cl)cc1NC(=O)Nc1cccc(C(=O)CN2CCN(C)CC2)c1. The van der Waals surface area contributed by atoms with Crippen LogP contribution in [0.25, 0.3) is 0 Å². The average Bonchev–Trinajstić information content (AvgIpc) is 2.70. The number of ether oxygens (including phenoxy) is 1. The summed E-state index contributed by atoms with van der Waals surface area (Å²) in [5.41, 5.74) is 1.56. The summed E-state index contributed by atoms with van der Waals surface area (Å²) < 4.78 is 5.23. The third-order valence-corrected chi connectivity index (χ3v) is 5.05. The van der Waals surface area contributed by atoms with Crippen molar-refractivity contribution in [3.05, 3.63) is 53.1 Å². The third kappa shape index (κ3) is 5.93. The zero-order chi connectivity index (χ0) is 20.8. The summed E-state index contributed by atoms with van der Waals surface area (Å²) in [6.07, 6.45) is 0. The predicted octanol–water partition coefficient (Wildman–Crippen LogP) is 3.42. The molecule has 0 unspecified atom stereocenters. The van der Waals surface area contributed by atoms with Gasteiger partial charge < -0.3 is 20.3 Å². The van der Waals surface area contributed by atoms with Gasteiger partial charge in [-0.15, -0.1) is 0 Å². The number of halogens is 1. The highest BCUT2D eigenvalue weighted by molar-refractivity contribution is 6.31. The molecule has 8 heteroatoms. The van der Waals surface area contributed by atoms with Crippen LogP contribution in [0.1, 0.15) is 10.4 Å². The van der Waals surface area contributed by atoms with Gasteiger partial charge in [0.15, 0.2) is 5.78 Å². The normalized spacial score (nSPS) is 15.0. The molecule has 0 radical (unpaired) electrons. The molecule has 7 nitrogen and oxygen atoms in total. The number of hydrogen-bond donors (Lipinski definition) is 2. The molecule has 0 saturated carbocycles. The highest BCUT2D eigenvalue weighted by Crippen LogP contribution is 2.27. The van der Waals surface area contributed by atoms with Gasteiger partial charge in [-0.1, -0.05) is 23.7 Å². The Hall–Kier alpha value is -2.61. The van der Waals surface area contributed by atoms with Crippen LogP contribution in [0.15, 0.2) is 42.5 Å². The minimum atomic E-state index is -0.450. The van der Waals surface area contributed by atoms with Crippen molar-refractivity contribution in [2.75, 3.05) is 57.5 Å². The molecule has 1 fully saturated rings. The largest absolute Gasteiger partial charge is 0.495 e. The molecule has 0 atom stereocenters. The number of ketones is 1. The molecule has 2 aromatic carbocycles. The molecule has 0 aromatic heterocycles. The van der Waals surface area contributed by atoms with E-state index in [1.165, 1.54) is 7.11 Å². The van der Waals surface area contributed by atoms with Crippen LogP contribution in [0.2, 0.25) is 5.02 Å². The first-order valence-corrected chi connectivity index (χ1v) is 9.78. The molecule has 0 bridgehead atoms. The Bertz CT molecular complexity index is 882. The lowest BCUT2D eigenvalue weighted by Crippen LogP contribution is -2.46. The summed E-state index contributed by atoms with van der Waals surface area (Å²) >= 11 is 5.99. The van der Waals surface area contributed by atoms with Gasteiger partial charge in [0.2, 0.25) is 0 Å². The zero-order valence-corrected chi connectivity index (χ0v) is 17.3. The van der Waals surface area contributed by atoms with E-state index in [0.717, 1.165) is 26.2 Å². The maximum Gasteiger partial charge on any atom is 0.323 e. The molecule has 1 aliphatic rings. The quantitative estimate of drug-likeness (QED) is 0.706. The molecule has 3 rings (SSSR count). The van der Waals surface area contributed by atoms with E-state index in [4.69, 9.17) is 16.3 Å². The van der Waals surface area contributed by atoms with Gasteiger partial charge in [0.25, 0.3) is 0 Å². The number of hydrogen-bond acceptors (Lipinski definition) is 5. The minimum absolute atomic E-state index is 0.0371. The second-order valence-electron chi connectivity index (χ2n) is 7.01. The topological polar surface area (TPSA) is 73.9 Å². The van der Waals surface area contributed by atoms with Gasteiger partial charge >= 0.3 is 6.03 Å². The maximum atomic E-state index is 12.6. The first kappa shape index (κ1) is 21.1. The summed E-state index contributed by atoms with van der Waals surface area (Å²) in [6, 6.07) is 11.5. The van der Waals surface area contributed by atoms with Crippen molar-refractivity contribution in [1.29, 1.82) is 0 Å². The molecule has 1 aliphatic heterocycles. The third-order valence-electron chi connectivity index (χ3n) is 4.82. The Morgan fingerprint density at radius 3 is 2.55 bits per heavy atom. The number of amides is 2. The number of likely N-dealkylation sites (N-methyl/N-ethyl adjacent to an activating group) is 1. The standard InChI is InChI=1S/C21H25ClN4O3/c1-25-8-10-26(11-9-25)14-19(27)15-4-3-5-17(12-15)23-21(28)24-18-13-16(22)6-7-20(18)29-2/h3-7,12-13H,8-11,14H2,1-2H3,(H2,23,24,28). The minimum Gasteiger partial charge on any atom is -0.495 e. The molecule has 0 spiro atoms. The summed E-state index contributed by atoms with van der Waals surface area (Å²) in [5, 5.41) is 5.94. The van der Waals surface area contributed by atoms with E-state index in [1.807, 2.05) is 0 Å². The predicted molar refractivity (Wildman–Crippen MR) is 115 cm³/mol.